The summed E-state index contributed by atoms with van der Waals surface area (Å²) in [6.45, 7) is 1.46. The maximum absolute atomic E-state index is 12.0. The van der Waals surface area contributed by atoms with Crippen molar-refractivity contribution in [2.24, 2.45) is 7.05 Å². The molecule has 1 aromatic rings. The van der Waals surface area contributed by atoms with Gasteiger partial charge in [0.1, 0.15) is 5.15 Å². The number of nitrogens with zero attached hydrogens (tertiary/aromatic N) is 3. The van der Waals surface area contributed by atoms with Crippen molar-refractivity contribution in [2.45, 2.75) is 18.0 Å². The number of hydrogen-bond donors (Lipinski definition) is 1. The standard InChI is InChI=1S/C9H15ClN4O3S/c1-6(9(15)13(2)3)12-18(16,17)8-7(10)14(4)5-11-8/h5-6,12H,1-4H3. The normalized spacial score (nSPS) is 13.4. The lowest BCUT2D eigenvalue weighted by Crippen LogP contribution is -2.44. The average molecular weight is 295 g/mol. The maximum Gasteiger partial charge on any atom is 0.261 e. The molecule has 18 heavy (non-hydrogen) atoms. The molecule has 0 fully saturated rings. The van der Waals surface area contributed by atoms with Gasteiger partial charge in [0.15, 0.2) is 0 Å². The number of carbonyl (C=O) groups is 1. The van der Waals surface area contributed by atoms with Gasteiger partial charge in [0.05, 0.1) is 12.4 Å². The van der Waals surface area contributed by atoms with E-state index in [9.17, 15) is 13.2 Å². The van der Waals surface area contributed by atoms with E-state index in [1.807, 2.05) is 0 Å². The van der Waals surface area contributed by atoms with Crippen LogP contribution in [-0.4, -0.2) is 48.9 Å². The second-order valence-corrected chi connectivity index (χ2v) is 6.01. The van der Waals surface area contributed by atoms with Crippen LogP contribution in [0.15, 0.2) is 11.4 Å². The summed E-state index contributed by atoms with van der Waals surface area (Å²) in [6, 6.07) is -0.886. The van der Waals surface area contributed by atoms with Crippen LogP contribution in [0.4, 0.5) is 0 Å². The number of nitrogens with one attached hydrogen (secondary N) is 1. The van der Waals surface area contributed by atoms with E-state index in [1.165, 1.54) is 22.7 Å². The monoisotopic (exact) mass is 294 g/mol. The highest BCUT2D eigenvalue weighted by atomic mass is 35.5. The predicted molar refractivity (Wildman–Crippen MR) is 66.7 cm³/mol. The van der Waals surface area contributed by atoms with Crippen molar-refractivity contribution in [1.29, 1.82) is 0 Å². The highest BCUT2D eigenvalue weighted by Gasteiger charge is 2.27. The zero-order valence-corrected chi connectivity index (χ0v) is 12.1. The minimum absolute atomic E-state index is 0.00741. The molecule has 1 amide bonds. The summed E-state index contributed by atoms with van der Waals surface area (Å²) in [7, 11) is 0.748. The summed E-state index contributed by atoms with van der Waals surface area (Å²) in [5.41, 5.74) is 0. The van der Waals surface area contributed by atoms with Gasteiger partial charge in [0.25, 0.3) is 10.0 Å². The number of aromatic nitrogens is 2. The van der Waals surface area contributed by atoms with Crippen LogP contribution in [0, 0.1) is 0 Å². The molecule has 1 N–H and O–H groups in total. The van der Waals surface area contributed by atoms with Crippen molar-refractivity contribution in [1.82, 2.24) is 19.2 Å². The fraction of sp³-hybridized carbons (Fsp3) is 0.556. The summed E-state index contributed by atoms with van der Waals surface area (Å²) >= 11 is 5.80. The molecule has 1 atom stereocenters. The highest BCUT2D eigenvalue weighted by molar-refractivity contribution is 7.89. The molecule has 7 nitrogen and oxygen atoms in total. The lowest BCUT2D eigenvalue weighted by Gasteiger charge is -2.17. The van der Waals surface area contributed by atoms with Gasteiger partial charge in [-0.15, -0.1) is 0 Å². The second kappa shape index (κ2) is 5.25. The first-order valence-electron chi connectivity index (χ1n) is 5.07. The van der Waals surface area contributed by atoms with Crippen LogP contribution in [0.3, 0.4) is 0 Å². The third kappa shape index (κ3) is 3.01. The Hall–Kier alpha value is -1.12. The number of sulfonamides is 1. The molecule has 0 aliphatic carbocycles. The van der Waals surface area contributed by atoms with Gasteiger partial charge in [-0.1, -0.05) is 11.6 Å². The van der Waals surface area contributed by atoms with Gasteiger partial charge in [-0.25, -0.2) is 13.4 Å². The van der Waals surface area contributed by atoms with E-state index in [0.717, 1.165) is 0 Å². The van der Waals surface area contributed by atoms with Gasteiger partial charge < -0.3 is 9.47 Å². The topological polar surface area (TPSA) is 84.3 Å². The quantitative estimate of drug-likeness (QED) is 0.835. The van der Waals surface area contributed by atoms with Crippen molar-refractivity contribution < 1.29 is 13.2 Å². The van der Waals surface area contributed by atoms with Crippen LogP contribution in [0.25, 0.3) is 0 Å². The molecule has 0 aromatic carbocycles. The van der Waals surface area contributed by atoms with Crippen LogP contribution >= 0.6 is 11.6 Å². The fourth-order valence-corrected chi connectivity index (χ4v) is 2.93. The number of aryl methyl sites for hydroxylation is 1. The molecule has 1 aromatic heterocycles. The Morgan fingerprint density at radius 1 is 1.56 bits per heavy atom. The van der Waals surface area contributed by atoms with Gasteiger partial charge >= 0.3 is 0 Å². The Morgan fingerprint density at radius 2 is 2.11 bits per heavy atom. The molecule has 9 heteroatoms. The second-order valence-electron chi connectivity index (χ2n) is 4.03. The predicted octanol–water partition coefficient (Wildman–Crippen LogP) is -0.171. The molecule has 0 saturated heterocycles. The minimum atomic E-state index is -3.91. The summed E-state index contributed by atoms with van der Waals surface area (Å²) in [5.74, 6) is -0.356. The number of hydrogen-bond acceptors (Lipinski definition) is 4. The Morgan fingerprint density at radius 3 is 2.50 bits per heavy atom. The summed E-state index contributed by atoms with van der Waals surface area (Å²) in [5, 5.41) is -0.294. The molecule has 0 aliphatic heterocycles. The molecule has 0 aliphatic rings. The van der Waals surface area contributed by atoms with E-state index in [4.69, 9.17) is 11.6 Å². The van der Waals surface area contributed by atoms with Crippen molar-refractivity contribution in [3.8, 4) is 0 Å². The largest absolute Gasteiger partial charge is 0.347 e. The highest BCUT2D eigenvalue weighted by Crippen LogP contribution is 2.18. The van der Waals surface area contributed by atoms with Crippen LogP contribution in [-0.2, 0) is 21.9 Å². The number of amides is 1. The third-order valence-corrected chi connectivity index (χ3v) is 4.26. The number of carbonyl (C=O) groups excluding carboxylic acids is 1. The first kappa shape index (κ1) is 14.9. The van der Waals surface area contributed by atoms with Crippen LogP contribution in [0.1, 0.15) is 6.92 Å². The first-order chi connectivity index (χ1) is 8.16. The van der Waals surface area contributed by atoms with E-state index in [1.54, 1.807) is 21.1 Å². The minimum Gasteiger partial charge on any atom is -0.347 e. The van der Waals surface area contributed by atoms with Gasteiger partial charge in [0.2, 0.25) is 10.9 Å². The summed E-state index contributed by atoms with van der Waals surface area (Å²) in [6.07, 6.45) is 1.29. The van der Waals surface area contributed by atoms with Crippen LogP contribution in [0.5, 0.6) is 0 Å². The Labute approximate surface area is 111 Å². The first-order valence-corrected chi connectivity index (χ1v) is 6.93. The van der Waals surface area contributed by atoms with E-state index in [2.05, 4.69) is 9.71 Å². The molecule has 1 unspecified atom stereocenters. The van der Waals surface area contributed by atoms with E-state index < -0.39 is 16.1 Å². The fourth-order valence-electron chi connectivity index (χ4n) is 1.30. The van der Waals surface area contributed by atoms with Crippen molar-refractivity contribution in [2.75, 3.05) is 14.1 Å². The van der Waals surface area contributed by atoms with E-state index in [0.29, 0.717) is 0 Å². The molecule has 0 saturated carbocycles. The number of rotatable bonds is 4. The maximum atomic E-state index is 12.0. The van der Waals surface area contributed by atoms with Crippen molar-refractivity contribution >= 4 is 27.5 Å². The van der Waals surface area contributed by atoms with Gasteiger partial charge in [0, 0.05) is 21.1 Å². The Balaban J connectivity index is 2.96. The van der Waals surface area contributed by atoms with Gasteiger partial charge in [-0.05, 0) is 6.92 Å². The number of likely N-dealkylation sites (N-methyl/N-ethyl adjacent to an activating group) is 1. The lowest BCUT2D eigenvalue weighted by molar-refractivity contribution is -0.130. The molecule has 1 heterocycles. The smallest absolute Gasteiger partial charge is 0.261 e. The molecule has 0 bridgehead atoms. The lowest BCUT2D eigenvalue weighted by atomic mass is 10.3. The Bertz CT molecular complexity index is 552. The molecule has 0 radical (unpaired) electrons. The average Bonchev–Trinajstić information content (AvgIpc) is 2.58. The zero-order chi connectivity index (χ0) is 14.1. The van der Waals surface area contributed by atoms with Crippen LogP contribution in [0.2, 0.25) is 5.15 Å². The molecular weight excluding hydrogens is 280 g/mol. The summed E-state index contributed by atoms with van der Waals surface area (Å²) in [4.78, 5) is 16.6. The Kier molecular flexibility index (Phi) is 4.36. The van der Waals surface area contributed by atoms with E-state index >= 15 is 0 Å². The van der Waals surface area contributed by atoms with Crippen molar-refractivity contribution in [3.63, 3.8) is 0 Å². The molecule has 0 spiro atoms. The number of imidazole rings is 1. The van der Waals surface area contributed by atoms with E-state index in [-0.39, 0.29) is 16.1 Å². The van der Waals surface area contributed by atoms with Gasteiger partial charge in [-0.2, -0.15) is 4.72 Å². The molecular formula is C9H15ClN4O3S. The molecule has 1 rings (SSSR count). The SMILES string of the molecule is CC(NS(=O)(=O)c1ncn(C)c1Cl)C(=O)N(C)C. The number of halogens is 1. The third-order valence-electron chi connectivity index (χ3n) is 2.23. The van der Waals surface area contributed by atoms with Crippen molar-refractivity contribution in [3.05, 3.63) is 11.5 Å². The zero-order valence-electron chi connectivity index (χ0n) is 10.5. The van der Waals surface area contributed by atoms with Crippen LogP contribution < -0.4 is 4.72 Å². The molecule has 102 valence electrons. The van der Waals surface area contributed by atoms with Gasteiger partial charge in [-0.3, -0.25) is 4.79 Å². The summed E-state index contributed by atoms with van der Waals surface area (Å²) < 4.78 is 27.5.